The maximum atomic E-state index is 12.0. The van der Waals surface area contributed by atoms with Crippen molar-refractivity contribution in [2.24, 2.45) is 0 Å². The molecular weight excluding hydrogens is 286 g/mol. The number of aliphatic carboxylic acids is 1. The van der Waals surface area contributed by atoms with E-state index in [-0.39, 0.29) is 18.7 Å². The number of nitriles is 1. The lowest BCUT2D eigenvalue weighted by Gasteiger charge is -2.14. The fourth-order valence-electron chi connectivity index (χ4n) is 1.79. The summed E-state index contributed by atoms with van der Waals surface area (Å²) in [5, 5.41) is 22.5. The summed E-state index contributed by atoms with van der Waals surface area (Å²) in [6.45, 7) is 1.37. The fraction of sp³-hybridized carbons (Fsp3) is 0.333. The number of carbonyl (C=O) groups is 3. The van der Waals surface area contributed by atoms with Gasteiger partial charge < -0.3 is 15.7 Å². The van der Waals surface area contributed by atoms with E-state index in [1.165, 1.54) is 19.1 Å². The third kappa shape index (κ3) is 5.63. The van der Waals surface area contributed by atoms with E-state index in [1.807, 2.05) is 6.07 Å². The van der Waals surface area contributed by atoms with Gasteiger partial charge in [0, 0.05) is 24.6 Å². The van der Waals surface area contributed by atoms with Gasteiger partial charge in [0.2, 0.25) is 5.91 Å². The molecule has 0 heterocycles. The number of hydrogen-bond donors (Lipinski definition) is 3. The van der Waals surface area contributed by atoms with Crippen LogP contribution < -0.4 is 10.6 Å². The first-order valence-electron chi connectivity index (χ1n) is 6.72. The first-order valence-corrected chi connectivity index (χ1v) is 6.72. The number of nitrogens with zero attached hydrogens (tertiary/aromatic N) is 1. The topological polar surface area (TPSA) is 119 Å². The average molecular weight is 303 g/mol. The van der Waals surface area contributed by atoms with E-state index in [0.717, 1.165) is 0 Å². The summed E-state index contributed by atoms with van der Waals surface area (Å²) in [5.74, 6) is -1.87. The van der Waals surface area contributed by atoms with Crippen molar-refractivity contribution >= 4 is 23.5 Å². The Morgan fingerprint density at radius 3 is 2.41 bits per heavy atom. The quantitative estimate of drug-likeness (QED) is 0.660. The Morgan fingerprint density at radius 1 is 1.27 bits per heavy atom. The Hall–Kier alpha value is -2.88. The maximum absolute atomic E-state index is 12.0. The second kappa shape index (κ2) is 8.42. The van der Waals surface area contributed by atoms with E-state index in [2.05, 4.69) is 10.6 Å². The molecule has 0 unspecified atom stereocenters. The molecule has 22 heavy (non-hydrogen) atoms. The minimum Gasteiger partial charge on any atom is -0.480 e. The molecule has 116 valence electrons. The summed E-state index contributed by atoms with van der Waals surface area (Å²) in [4.78, 5) is 34.0. The van der Waals surface area contributed by atoms with E-state index in [0.29, 0.717) is 17.7 Å². The predicted molar refractivity (Wildman–Crippen MR) is 79.1 cm³/mol. The lowest BCUT2D eigenvalue weighted by atomic mass is 10.1. The van der Waals surface area contributed by atoms with Crippen molar-refractivity contribution in [3.05, 3.63) is 29.8 Å². The zero-order valence-electron chi connectivity index (χ0n) is 12.1. The first-order chi connectivity index (χ1) is 10.4. The maximum Gasteiger partial charge on any atom is 0.326 e. The van der Waals surface area contributed by atoms with Crippen LogP contribution in [0.5, 0.6) is 0 Å². The molecule has 1 aromatic rings. The molecule has 1 aromatic carbocycles. The molecule has 0 saturated carbocycles. The van der Waals surface area contributed by atoms with Crippen LogP contribution in [0.4, 0.5) is 5.69 Å². The molecule has 3 N–H and O–H groups in total. The van der Waals surface area contributed by atoms with E-state index in [4.69, 9.17) is 10.4 Å². The first kappa shape index (κ1) is 17.2. The average Bonchev–Trinajstić information content (AvgIpc) is 2.46. The Morgan fingerprint density at radius 2 is 1.91 bits per heavy atom. The van der Waals surface area contributed by atoms with Crippen molar-refractivity contribution in [3.63, 3.8) is 0 Å². The van der Waals surface area contributed by atoms with Crippen LogP contribution in [-0.4, -0.2) is 28.9 Å². The van der Waals surface area contributed by atoms with Crippen LogP contribution in [0, 0.1) is 11.3 Å². The number of hydrogen-bond acceptors (Lipinski definition) is 4. The normalized spacial score (nSPS) is 11.1. The zero-order valence-corrected chi connectivity index (χ0v) is 12.1. The molecule has 0 radical (unpaired) electrons. The molecule has 0 saturated heterocycles. The van der Waals surface area contributed by atoms with E-state index in [1.54, 1.807) is 12.1 Å². The summed E-state index contributed by atoms with van der Waals surface area (Å²) >= 11 is 0. The monoisotopic (exact) mass is 303 g/mol. The number of anilines is 1. The number of carbonyl (C=O) groups excluding carboxylic acids is 2. The van der Waals surface area contributed by atoms with Gasteiger partial charge in [-0.25, -0.2) is 4.79 Å². The van der Waals surface area contributed by atoms with Gasteiger partial charge in [-0.2, -0.15) is 5.26 Å². The molecule has 0 fully saturated rings. The molecule has 0 aliphatic rings. The van der Waals surface area contributed by atoms with Gasteiger partial charge in [0.15, 0.2) is 0 Å². The van der Waals surface area contributed by atoms with Crippen LogP contribution in [0.2, 0.25) is 0 Å². The van der Waals surface area contributed by atoms with Gasteiger partial charge in [0.1, 0.15) is 6.04 Å². The standard InChI is InChI=1S/C15H17N3O4/c1-10(19)17-12-7-5-11(6-8-12)14(20)18-13(15(21)22)4-2-3-9-16/h5-8,13H,2-4H2,1H3,(H,17,19)(H,18,20)(H,21,22)/t13-/m1/s1. The highest BCUT2D eigenvalue weighted by molar-refractivity contribution is 5.97. The van der Waals surface area contributed by atoms with Crippen LogP contribution in [0.3, 0.4) is 0 Å². The highest BCUT2D eigenvalue weighted by Crippen LogP contribution is 2.10. The van der Waals surface area contributed by atoms with Crippen LogP contribution in [0.1, 0.15) is 36.5 Å². The summed E-state index contributed by atoms with van der Waals surface area (Å²) in [6, 6.07) is 7.00. The molecule has 1 atom stereocenters. The molecule has 7 nitrogen and oxygen atoms in total. The van der Waals surface area contributed by atoms with Crippen molar-refractivity contribution in [3.8, 4) is 6.07 Å². The molecule has 0 aromatic heterocycles. The number of unbranched alkanes of at least 4 members (excludes halogenated alkanes) is 1. The van der Waals surface area contributed by atoms with Gasteiger partial charge in [-0.15, -0.1) is 0 Å². The van der Waals surface area contributed by atoms with Crippen molar-refractivity contribution < 1.29 is 19.5 Å². The van der Waals surface area contributed by atoms with Gasteiger partial charge in [-0.05, 0) is 37.1 Å². The van der Waals surface area contributed by atoms with Crippen molar-refractivity contribution in [1.29, 1.82) is 5.26 Å². The van der Waals surface area contributed by atoms with E-state index in [9.17, 15) is 14.4 Å². The number of nitrogens with one attached hydrogen (secondary N) is 2. The molecule has 0 aliphatic carbocycles. The number of rotatable bonds is 7. The van der Waals surface area contributed by atoms with Gasteiger partial charge in [-0.1, -0.05) is 0 Å². The second-order valence-electron chi connectivity index (χ2n) is 4.67. The summed E-state index contributed by atoms with van der Waals surface area (Å²) < 4.78 is 0. The molecule has 1 rings (SSSR count). The summed E-state index contributed by atoms with van der Waals surface area (Å²) in [7, 11) is 0. The highest BCUT2D eigenvalue weighted by atomic mass is 16.4. The minimum absolute atomic E-state index is 0.193. The smallest absolute Gasteiger partial charge is 0.326 e. The Kier molecular flexibility index (Phi) is 6.57. The van der Waals surface area contributed by atoms with Crippen molar-refractivity contribution in [2.75, 3.05) is 5.32 Å². The summed E-state index contributed by atoms with van der Waals surface area (Å²) in [6.07, 6.45) is 0.832. The van der Waals surface area contributed by atoms with Crippen molar-refractivity contribution in [2.45, 2.75) is 32.2 Å². The van der Waals surface area contributed by atoms with Crippen LogP contribution in [-0.2, 0) is 9.59 Å². The molecular formula is C15H17N3O4. The molecule has 2 amide bonds. The third-order valence-corrected chi connectivity index (χ3v) is 2.85. The molecule has 0 spiro atoms. The van der Waals surface area contributed by atoms with E-state index >= 15 is 0 Å². The molecule has 0 bridgehead atoms. The van der Waals surface area contributed by atoms with Gasteiger partial charge in [-0.3, -0.25) is 9.59 Å². The van der Waals surface area contributed by atoms with Crippen LogP contribution in [0.25, 0.3) is 0 Å². The zero-order chi connectivity index (χ0) is 16.5. The van der Waals surface area contributed by atoms with Gasteiger partial charge in [0.25, 0.3) is 5.91 Å². The van der Waals surface area contributed by atoms with Crippen LogP contribution in [0.15, 0.2) is 24.3 Å². The lowest BCUT2D eigenvalue weighted by Crippen LogP contribution is -2.40. The van der Waals surface area contributed by atoms with Crippen LogP contribution >= 0.6 is 0 Å². The predicted octanol–water partition coefficient (Wildman–Crippen LogP) is 1.52. The Bertz CT molecular complexity index is 590. The minimum atomic E-state index is -1.14. The van der Waals surface area contributed by atoms with Crippen molar-refractivity contribution in [1.82, 2.24) is 5.32 Å². The number of carboxylic acids is 1. The largest absolute Gasteiger partial charge is 0.480 e. The summed E-state index contributed by atoms with van der Waals surface area (Å²) in [5.41, 5.74) is 0.841. The second-order valence-corrected chi connectivity index (χ2v) is 4.67. The van der Waals surface area contributed by atoms with Gasteiger partial charge in [0.05, 0.1) is 6.07 Å². The fourth-order valence-corrected chi connectivity index (χ4v) is 1.79. The Balaban J connectivity index is 2.67. The number of carboxylic acid groups (broad SMARTS) is 1. The lowest BCUT2D eigenvalue weighted by molar-refractivity contribution is -0.139. The molecule has 7 heteroatoms. The third-order valence-electron chi connectivity index (χ3n) is 2.85. The SMILES string of the molecule is CC(=O)Nc1ccc(C(=O)N[C@H](CCCC#N)C(=O)O)cc1. The van der Waals surface area contributed by atoms with Gasteiger partial charge >= 0.3 is 5.97 Å². The number of benzene rings is 1. The van der Waals surface area contributed by atoms with E-state index < -0.39 is 17.9 Å². The number of amides is 2. The molecule has 0 aliphatic heterocycles. The Labute approximate surface area is 127 Å². The highest BCUT2D eigenvalue weighted by Gasteiger charge is 2.20.